The largest absolute Gasteiger partial charge is 0.481 e. The van der Waals surface area contributed by atoms with Crippen LogP contribution in [0.15, 0.2) is 0 Å². The highest BCUT2D eigenvalue weighted by molar-refractivity contribution is 8.77. The molecule has 0 aromatic heterocycles. The van der Waals surface area contributed by atoms with Crippen LogP contribution in [-0.4, -0.2) is 52.0 Å². The molecule has 0 saturated carbocycles. The van der Waals surface area contributed by atoms with Crippen LogP contribution in [0.3, 0.4) is 0 Å². The number of rotatable bonds is 11. The van der Waals surface area contributed by atoms with Gasteiger partial charge in [-0.25, -0.2) is 0 Å². The van der Waals surface area contributed by atoms with Gasteiger partial charge in [0.15, 0.2) is 0 Å². The Morgan fingerprint density at radius 1 is 1.38 bits per heavy atom. The molecule has 3 atom stereocenters. The normalized spacial score (nSPS) is 20.9. The summed E-state index contributed by atoms with van der Waals surface area (Å²) in [6.07, 6.45) is 4.25. The summed E-state index contributed by atoms with van der Waals surface area (Å²) in [5, 5.41) is 20.9. The first-order valence-corrected chi connectivity index (χ1v) is 9.32. The average Bonchev–Trinajstić information content (AvgIpc) is 2.93. The number of carboxylic acid groups (broad SMARTS) is 2. The lowest BCUT2D eigenvalue weighted by atomic mass is 10.0. The lowest BCUT2D eigenvalue weighted by Crippen LogP contribution is -2.41. The number of hydrogen-bond acceptors (Lipinski definition) is 6. The van der Waals surface area contributed by atoms with Crippen molar-refractivity contribution in [2.45, 2.75) is 43.4 Å². The zero-order valence-corrected chi connectivity index (χ0v) is 13.3. The maximum absolute atomic E-state index is 11.0. The lowest BCUT2D eigenvalue weighted by Gasteiger charge is -2.16. The van der Waals surface area contributed by atoms with E-state index in [0.29, 0.717) is 11.7 Å². The van der Waals surface area contributed by atoms with Gasteiger partial charge >= 0.3 is 11.9 Å². The monoisotopic (exact) mass is 335 g/mol. The SMILES string of the molecule is O=CC(CCCC1CCSS1)CNC(CC(=O)O)C(=O)O. The Labute approximate surface area is 131 Å². The zero-order valence-electron chi connectivity index (χ0n) is 11.7. The van der Waals surface area contributed by atoms with Gasteiger partial charge in [0.1, 0.15) is 12.3 Å². The van der Waals surface area contributed by atoms with Gasteiger partial charge in [-0.15, -0.1) is 0 Å². The van der Waals surface area contributed by atoms with Gasteiger partial charge in [-0.1, -0.05) is 28.0 Å². The number of hydrogen-bond donors (Lipinski definition) is 3. The standard InChI is InChI=1S/C13H21NO5S2/c15-8-9(2-1-3-10-4-5-20-21-10)7-14-11(13(18)19)6-12(16)17/h8-11,14H,1-7H2,(H,16,17)(H,18,19). The molecule has 0 aromatic rings. The van der Waals surface area contributed by atoms with Gasteiger partial charge < -0.3 is 20.3 Å². The van der Waals surface area contributed by atoms with Crippen LogP contribution >= 0.6 is 21.6 Å². The summed E-state index contributed by atoms with van der Waals surface area (Å²) >= 11 is 0. The van der Waals surface area contributed by atoms with Crippen molar-refractivity contribution in [1.29, 1.82) is 0 Å². The predicted octanol–water partition coefficient (Wildman–Crippen LogP) is 1.64. The number of carbonyl (C=O) groups excluding carboxylic acids is 1. The summed E-state index contributed by atoms with van der Waals surface area (Å²) in [7, 11) is 3.78. The van der Waals surface area contributed by atoms with Gasteiger partial charge in [-0.3, -0.25) is 9.59 Å². The topological polar surface area (TPSA) is 104 Å². The summed E-state index contributed by atoms with van der Waals surface area (Å²) in [4.78, 5) is 32.5. The first-order valence-electron chi connectivity index (χ1n) is 6.94. The lowest BCUT2D eigenvalue weighted by molar-refractivity contribution is -0.146. The number of aldehydes is 1. The second-order valence-electron chi connectivity index (χ2n) is 5.05. The van der Waals surface area contributed by atoms with Gasteiger partial charge in [-0.05, 0) is 19.3 Å². The highest BCUT2D eigenvalue weighted by Crippen LogP contribution is 2.39. The second kappa shape index (κ2) is 10.1. The van der Waals surface area contributed by atoms with Gasteiger partial charge in [0.25, 0.3) is 0 Å². The van der Waals surface area contributed by atoms with Crippen LogP contribution in [0.5, 0.6) is 0 Å². The van der Waals surface area contributed by atoms with E-state index in [1.165, 1.54) is 12.2 Å². The van der Waals surface area contributed by atoms with E-state index in [0.717, 1.165) is 19.1 Å². The fourth-order valence-corrected chi connectivity index (χ4v) is 5.13. The van der Waals surface area contributed by atoms with Crippen LogP contribution in [-0.2, 0) is 14.4 Å². The van der Waals surface area contributed by atoms with Crippen molar-refractivity contribution < 1.29 is 24.6 Å². The van der Waals surface area contributed by atoms with Crippen molar-refractivity contribution in [3.63, 3.8) is 0 Å². The van der Waals surface area contributed by atoms with Crippen molar-refractivity contribution in [3.8, 4) is 0 Å². The van der Waals surface area contributed by atoms with E-state index in [1.54, 1.807) is 0 Å². The fraction of sp³-hybridized carbons (Fsp3) is 0.769. The molecule has 1 saturated heterocycles. The van der Waals surface area contributed by atoms with Crippen LogP contribution in [0, 0.1) is 5.92 Å². The minimum Gasteiger partial charge on any atom is -0.481 e. The third-order valence-corrected chi connectivity index (χ3v) is 6.33. The van der Waals surface area contributed by atoms with E-state index in [-0.39, 0.29) is 12.5 Å². The summed E-state index contributed by atoms with van der Waals surface area (Å²) in [6, 6.07) is -1.15. The molecule has 1 heterocycles. The number of nitrogens with one attached hydrogen (secondary N) is 1. The summed E-state index contributed by atoms with van der Waals surface area (Å²) in [6.45, 7) is 0.209. The summed E-state index contributed by atoms with van der Waals surface area (Å²) in [5.74, 6) is -1.46. The molecule has 120 valence electrons. The maximum atomic E-state index is 11.0. The van der Waals surface area contributed by atoms with Crippen molar-refractivity contribution >= 4 is 39.8 Å². The molecule has 1 fully saturated rings. The second-order valence-corrected chi connectivity index (χ2v) is 7.84. The molecule has 0 aliphatic carbocycles. The van der Waals surface area contributed by atoms with E-state index >= 15 is 0 Å². The quantitative estimate of drug-likeness (QED) is 0.387. The molecule has 0 bridgehead atoms. The third-order valence-electron chi connectivity index (χ3n) is 3.32. The number of aliphatic carboxylic acids is 2. The van der Waals surface area contributed by atoms with Crippen molar-refractivity contribution in [2.24, 2.45) is 5.92 Å². The summed E-state index contributed by atoms with van der Waals surface area (Å²) < 4.78 is 0. The first kappa shape index (κ1) is 18.3. The van der Waals surface area contributed by atoms with Crippen molar-refractivity contribution in [3.05, 3.63) is 0 Å². The Bertz CT molecular complexity index is 360. The molecule has 3 unspecified atom stereocenters. The Kier molecular flexibility index (Phi) is 8.79. The minimum absolute atomic E-state index is 0.209. The molecule has 6 nitrogen and oxygen atoms in total. The van der Waals surface area contributed by atoms with E-state index in [9.17, 15) is 14.4 Å². The highest BCUT2D eigenvalue weighted by Gasteiger charge is 2.22. The Morgan fingerprint density at radius 3 is 2.67 bits per heavy atom. The maximum Gasteiger partial charge on any atom is 0.321 e. The molecule has 0 amide bonds. The zero-order chi connectivity index (χ0) is 15.7. The molecule has 8 heteroatoms. The molecule has 1 aliphatic heterocycles. The van der Waals surface area contributed by atoms with Crippen LogP contribution in [0.25, 0.3) is 0 Å². The van der Waals surface area contributed by atoms with Crippen LogP contribution < -0.4 is 5.32 Å². The van der Waals surface area contributed by atoms with Gasteiger partial charge in [0, 0.05) is 23.5 Å². The molecule has 0 radical (unpaired) electrons. The predicted molar refractivity (Wildman–Crippen MR) is 83.5 cm³/mol. The minimum atomic E-state index is -1.21. The average molecular weight is 335 g/mol. The molecule has 3 N–H and O–H groups in total. The van der Waals surface area contributed by atoms with E-state index in [4.69, 9.17) is 10.2 Å². The number of carboxylic acids is 2. The van der Waals surface area contributed by atoms with Crippen LogP contribution in [0.2, 0.25) is 0 Å². The van der Waals surface area contributed by atoms with Gasteiger partial charge in [0.05, 0.1) is 6.42 Å². The fourth-order valence-electron chi connectivity index (χ4n) is 2.11. The van der Waals surface area contributed by atoms with Crippen molar-refractivity contribution in [1.82, 2.24) is 5.32 Å². The molecule has 0 aromatic carbocycles. The molecule has 0 spiro atoms. The number of carbonyl (C=O) groups is 3. The van der Waals surface area contributed by atoms with E-state index in [2.05, 4.69) is 5.32 Å². The third kappa shape index (κ3) is 7.73. The van der Waals surface area contributed by atoms with Crippen LogP contribution in [0.1, 0.15) is 32.1 Å². The Balaban J connectivity index is 2.26. The smallest absolute Gasteiger partial charge is 0.321 e. The van der Waals surface area contributed by atoms with Gasteiger partial charge in [0.2, 0.25) is 0 Å². The molecule has 21 heavy (non-hydrogen) atoms. The van der Waals surface area contributed by atoms with E-state index in [1.807, 2.05) is 21.6 Å². The van der Waals surface area contributed by atoms with Gasteiger partial charge in [-0.2, -0.15) is 0 Å². The molecule has 1 aliphatic rings. The molecule has 1 rings (SSSR count). The molecular formula is C13H21NO5S2. The van der Waals surface area contributed by atoms with Crippen molar-refractivity contribution in [2.75, 3.05) is 12.3 Å². The highest BCUT2D eigenvalue weighted by atomic mass is 33.1. The Morgan fingerprint density at radius 2 is 2.14 bits per heavy atom. The first-order chi connectivity index (χ1) is 10.0. The van der Waals surface area contributed by atoms with E-state index < -0.39 is 24.4 Å². The Hall–Kier alpha value is -0.730. The summed E-state index contributed by atoms with van der Waals surface area (Å²) in [5.41, 5.74) is 0. The van der Waals surface area contributed by atoms with Crippen LogP contribution in [0.4, 0.5) is 0 Å². The molecular weight excluding hydrogens is 314 g/mol.